The topological polar surface area (TPSA) is 7.12 Å². The molecule has 0 bridgehead atoms. The first kappa shape index (κ1) is 19.8. The summed E-state index contributed by atoms with van der Waals surface area (Å²) in [5.41, 5.74) is 3.74. The molecule has 0 saturated carbocycles. The number of fused-ring (bicyclic) bond motifs is 1. The van der Waals surface area contributed by atoms with Crippen LogP contribution in [0.1, 0.15) is 18.2 Å². The van der Waals surface area contributed by atoms with Gasteiger partial charge in [0.05, 0.1) is 5.75 Å². The predicted octanol–water partition coefficient (Wildman–Crippen LogP) is 5.77. The van der Waals surface area contributed by atoms with Crippen LogP contribution in [0.2, 0.25) is 0 Å². The maximum atomic E-state index is 2.33. The molecule has 0 saturated heterocycles. The number of hydrogen-bond acceptors (Lipinski definition) is 3. The molecule has 0 atom stereocenters. The Bertz CT molecular complexity index is 919. The molecule has 3 aromatic rings. The molecule has 0 amide bonds. The van der Waals surface area contributed by atoms with Crippen molar-refractivity contribution in [3.05, 3.63) is 72.1 Å². The van der Waals surface area contributed by atoms with Gasteiger partial charge >= 0.3 is 0 Å². The Balaban J connectivity index is 1.88. The van der Waals surface area contributed by atoms with Crippen molar-refractivity contribution in [1.82, 2.24) is 0 Å². The van der Waals surface area contributed by atoms with E-state index >= 15 is 0 Å². The van der Waals surface area contributed by atoms with E-state index in [-0.39, 0.29) is 0 Å². The van der Waals surface area contributed by atoms with Gasteiger partial charge in [-0.1, -0.05) is 58.8 Å². The molecule has 27 heavy (non-hydrogen) atoms. The zero-order valence-corrected chi connectivity index (χ0v) is 17.9. The molecular formula is C23H27N2S2+. The second kappa shape index (κ2) is 9.86. The van der Waals surface area contributed by atoms with E-state index in [0.29, 0.717) is 0 Å². The summed E-state index contributed by atoms with van der Waals surface area (Å²) in [4.78, 5) is 2.17. The molecule has 1 aromatic heterocycles. The van der Waals surface area contributed by atoms with Crippen molar-refractivity contribution in [2.45, 2.75) is 13.5 Å². The fourth-order valence-corrected chi connectivity index (χ4v) is 4.77. The zero-order chi connectivity index (χ0) is 19.1. The summed E-state index contributed by atoms with van der Waals surface area (Å²) in [6.07, 6.45) is 6.64. The smallest absolute Gasteiger partial charge is 0.205 e. The van der Waals surface area contributed by atoms with Gasteiger partial charge in [0, 0.05) is 49.1 Å². The molecule has 3 rings (SSSR count). The van der Waals surface area contributed by atoms with E-state index in [1.54, 1.807) is 0 Å². The molecule has 0 aliphatic carbocycles. The first-order chi connectivity index (χ1) is 13.2. The molecule has 0 aliphatic heterocycles. The summed E-state index contributed by atoms with van der Waals surface area (Å²) in [5, 5.41) is 2.58. The van der Waals surface area contributed by atoms with Gasteiger partial charge in [0.15, 0.2) is 12.7 Å². The van der Waals surface area contributed by atoms with Crippen molar-refractivity contribution < 1.29 is 4.57 Å². The van der Waals surface area contributed by atoms with Crippen LogP contribution in [0.4, 0.5) is 5.69 Å². The highest BCUT2D eigenvalue weighted by Crippen LogP contribution is 2.29. The Kier molecular flexibility index (Phi) is 7.25. The van der Waals surface area contributed by atoms with Crippen molar-refractivity contribution in [2.24, 2.45) is 0 Å². The second-order valence-corrected chi connectivity index (χ2v) is 9.37. The van der Waals surface area contributed by atoms with Crippen LogP contribution in [0.5, 0.6) is 0 Å². The van der Waals surface area contributed by atoms with Crippen molar-refractivity contribution in [3.63, 3.8) is 0 Å². The van der Waals surface area contributed by atoms with Crippen LogP contribution < -0.4 is 9.47 Å². The summed E-state index contributed by atoms with van der Waals surface area (Å²) in [5.74, 6) is 2.28. The number of benzene rings is 2. The van der Waals surface area contributed by atoms with Crippen molar-refractivity contribution in [3.8, 4) is 0 Å². The molecular weight excluding hydrogens is 368 g/mol. The van der Waals surface area contributed by atoms with E-state index in [1.807, 2.05) is 21.6 Å². The fourth-order valence-electron chi connectivity index (χ4n) is 3.14. The molecule has 2 aromatic carbocycles. The summed E-state index contributed by atoms with van der Waals surface area (Å²) in [6, 6.07) is 19.5. The van der Waals surface area contributed by atoms with Crippen molar-refractivity contribution in [1.29, 1.82) is 0 Å². The average Bonchev–Trinajstić information content (AvgIpc) is 2.70. The maximum Gasteiger partial charge on any atom is 0.205 e. The molecule has 0 spiro atoms. The Hall–Kier alpha value is -1.91. The highest BCUT2D eigenvalue weighted by Gasteiger charge is 2.08. The van der Waals surface area contributed by atoms with Gasteiger partial charge in [0.1, 0.15) is 0 Å². The first-order valence-corrected chi connectivity index (χ1v) is 11.8. The minimum absolute atomic E-state index is 1.03. The van der Waals surface area contributed by atoms with Crippen LogP contribution in [0.15, 0.2) is 60.8 Å². The molecule has 0 radical (unpaired) electrons. The highest BCUT2D eigenvalue weighted by molar-refractivity contribution is 8.76. The van der Waals surface area contributed by atoms with Gasteiger partial charge in [-0.15, -0.1) is 0 Å². The number of aromatic nitrogens is 1. The van der Waals surface area contributed by atoms with Gasteiger partial charge in [-0.3, -0.25) is 0 Å². The lowest BCUT2D eigenvalue weighted by molar-refractivity contribution is -0.694. The Morgan fingerprint density at radius 2 is 1.67 bits per heavy atom. The van der Waals surface area contributed by atoms with Gasteiger partial charge in [-0.05, 0) is 29.2 Å². The van der Waals surface area contributed by atoms with Crippen LogP contribution in [0.3, 0.4) is 0 Å². The summed E-state index contributed by atoms with van der Waals surface area (Å²) < 4.78 is 2.33. The van der Waals surface area contributed by atoms with Gasteiger partial charge < -0.3 is 4.90 Å². The lowest BCUT2D eigenvalue weighted by Gasteiger charge is -2.16. The van der Waals surface area contributed by atoms with E-state index in [0.717, 1.165) is 18.1 Å². The summed E-state index contributed by atoms with van der Waals surface area (Å²) >= 11 is 0. The van der Waals surface area contributed by atoms with Crippen LogP contribution >= 0.6 is 21.6 Å². The maximum absolute atomic E-state index is 2.33. The highest BCUT2D eigenvalue weighted by atomic mass is 33.1. The number of pyridine rings is 1. The Labute approximate surface area is 170 Å². The van der Waals surface area contributed by atoms with E-state index in [2.05, 4.69) is 103 Å². The molecule has 4 heteroatoms. The van der Waals surface area contributed by atoms with Gasteiger partial charge in [0.25, 0.3) is 0 Å². The lowest BCUT2D eigenvalue weighted by Crippen LogP contribution is -2.37. The number of anilines is 1. The predicted molar refractivity (Wildman–Crippen MR) is 124 cm³/mol. The largest absolute Gasteiger partial charge is 0.377 e. The third kappa shape index (κ3) is 5.08. The van der Waals surface area contributed by atoms with Crippen molar-refractivity contribution in [2.75, 3.05) is 30.5 Å². The molecule has 1 heterocycles. The van der Waals surface area contributed by atoms with Crippen LogP contribution in [0, 0.1) is 0 Å². The normalized spacial score (nSPS) is 11.4. The minimum atomic E-state index is 1.03. The van der Waals surface area contributed by atoms with Crippen molar-refractivity contribution >= 4 is 50.2 Å². The average molecular weight is 396 g/mol. The SMILES string of the molecule is CCSSCC[n+]1ccccc1/C=C/c1ccc(N(C)C)c2ccccc12. The number of rotatable bonds is 8. The van der Waals surface area contributed by atoms with E-state index < -0.39 is 0 Å². The zero-order valence-electron chi connectivity index (χ0n) is 16.3. The van der Waals surface area contributed by atoms with E-state index in [1.165, 1.54) is 27.7 Å². The first-order valence-electron chi connectivity index (χ1n) is 9.30. The number of aryl methyl sites for hydroxylation is 1. The van der Waals surface area contributed by atoms with Gasteiger partial charge in [-0.2, -0.15) is 4.57 Å². The van der Waals surface area contributed by atoms with E-state index in [4.69, 9.17) is 0 Å². The third-order valence-electron chi connectivity index (χ3n) is 4.44. The monoisotopic (exact) mass is 395 g/mol. The summed E-state index contributed by atoms with van der Waals surface area (Å²) in [7, 11) is 8.07. The number of hydrogen-bond donors (Lipinski definition) is 0. The Morgan fingerprint density at radius 1 is 0.889 bits per heavy atom. The molecule has 0 aliphatic rings. The number of nitrogens with zero attached hydrogens (tertiary/aromatic N) is 2. The molecule has 0 N–H and O–H groups in total. The summed E-state index contributed by atoms with van der Waals surface area (Å²) in [6.45, 7) is 3.23. The molecule has 140 valence electrons. The van der Waals surface area contributed by atoms with Gasteiger partial charge in [0.2, 0.25) is 5.69 Å². The third-order valence-corrected chi connectivity index (χ3v) is 6.90. The Morgan fingerprint density at radius 3 is 2.44 bits per heavy atom. The van der Waals surface area contributed by atoms with Crippen LogP contribution in [0.25, 0.3) is 22.9 Å². The second-order valence-electron chi connectivity index (χ2n) is 6.49. The minimum Gasteiger partial charge on any atom is -0.377 e. The molecule has 0 unspecified atom stereocenters. The quantitative estimate of drug-likeness (QED) is 0.272. The van der Waals surface area contributed by atoms with Crippen LogP contribution in [-0.4, -0.2) is 25.6 Å². The van der Waals surface area contributed by atoms with Crippen LogP contribution in [-0.2, 0) is 6.54 Å². The molecule has 0 fully saturated rings. The van der Waals surface area contributed by atoms with Gasteiger partial charge in [-0.25, -0.2) is 0 Å². The molecule has 2 nitrogen and oxygen atoms in total. The fraction of sp³-hybridized carbons (Fsp3) is 0.261. The lowest BCUT2D eigenvalue weighted by atomic mass is 10.0. The van der Waals surface area contributed by atoms with E-state index in [9.17, 15) is 0 Å². The standard InChI is InChI=1S/C23H27N2S2/c1-4-26-27-18-17-25-16-8-7-9-20(25)14-12-19-13-15-23(24(2)3)22-11-6-5-10-21(19)22/h5-16H,4,17-18H2,1-3H3/q+1.